The van der Waals surface area contributed by atoms with Crippen molar-refractivity contribution in [3.8, 4) is 0 Å². The number of amides is 1. The van der Waals surface area contributed by atoms with Crippen molar-refractivity contribution >= 4 is 17.5 Å². The Morgan fingerprint density at radius 1 is 1.38 bits per heavy atom. The molecule has 26 heavy (non-hydrogen) atoms. The van der Waals surface area contributed by atoms with Crippen LogP contribution in [0.3, 0.4) is 0 Å². The number of ether oxygens (including phenoxy) is 1. The van der Waals surface area contributed by atoms with Crippen molar-refractivity contribution in [1.82, 2.24) is 10.2 Å². The Bertz CT molecular complexity index is 620. The van der Waals surface area contributed by atoms with Crippen molar-refractivity contribution in [3.05, 3.63) is 34.9 Å². The molecule has 1 aliphatic heterocycles. The van der Waals surface area contributed by atoms with Crippen LogP contribution in [0.2, 0.25) is 5.02 Å². The van der Waals surface area contributed by atoms with E-state index in [4.69, 9.17) is 22.1 Å². The maximum Gasteiger partial charge on any atom is 0.223 e. The van der Waals surface area contributed by atoms with Crippen molar-refractivity contribution in [2.24, 2.45) is 11.7 Å². The molecule has 3 unspecified atom stereocenters. The van der Waals surface area contributed by atoms with Gasteiger partial charge in [-0.15, -0.1) is 0 Å². The number of hydrogen-bond donors (Lipinski definition) is 2. The molecule has 1 aromatic rings. The van der Waals surface area contributed by atoms with Gasteiger partial charge in [-0.3, -0.25) is 9.69 Å². The summed E-state index contributed by atoms with van der Waals surface area (Å²) in [6, 6.07) is 8.19. The van der Waals surface area contributed by atoms with Gasteiger partial charge in [0.25, 0.3) is 0 Å². The Morgan fingerprint density at radius 3 is 2.73 bits per heavy atom. The van der Waals surface area contributed by atoms with Gasteiger partial charge in [-0.25, -0.2) is 0 Å². The van der Waals surface area contributed by atoms with Crippen LogP contribution in [0.5, 0.6) is 0 Å². The first-order chi connectivity index (χ1) is 12.3. The predicted octanol–water partition coefficient (Wildman–Crippen LogP) is 2.74. The average Bonchev–Trinajstić information content (AvgIpc) is 3.02. The highest BCUT2D eigenvalue weighted by Crippen LogP contribution is 2.28. The second kappa shape index (κ2) is 8.26. The molecule has 3 rings (SSSR count). The van der Waals surface area contributed by atoms with E-state index >= 15 is 0 Å². The first kappa shape index (κ1) is 19.6. The molecule has 1 saturated carbocycles. The molecule has 2 aliphatic rings. The minimum atomic E-state index is -0.189. The van der Waals surface area contributed by atoms with E-state index in [-0.39, 0.29) is 29.5 Å². The molecule has 5 nitrogen and oxygen atoms in total. The third kappa shape index (κ3) is 4.97. The lowest BCUT2D eigenvalue weighted by Gasteiger charge is -2.42. The molecule has 0 radical (unpaired) electrons. The van der Waals surface area contributed by atoms with Crippen LogP contribution in [0, 0.1) is 5.92 Å². The van der Waals surface area contributed by atoms with Gasteiger partial charge in [-0.05, 0) is 50.8 Å². The summed E-state index contributed by atoms with van der Waals surface area (Å²) < 4.78 is 5.86. The molecule has 1 aromatic carbocycles. The van der Waals surface area contributed by atoms with Crippen LogP contribution in [0.25, 0.3) is 0 Å². The van der Waals surface area contributed by atoms with Gasteiger partial charge in [-0.1, -0.05) is 23.7 Å². The summed E-state index contributed by atoms with van der Waals surface area (Å²) >= 11 is 6.06. The van der Waals surface area contributed by atoms with Gasteiger partial charge in [0.1, 0.15) is 0 Å². The van der Waals surface area contributed by atoms with E-state index in [1.165, 1.54) is 0 Å². The zero-order valence-electron chi connectivity index (χ0n) is 15.7. The van der Waals surface area contributed by atoms with Crippen molar-refractivity contribution in [2.45, 2.75) is 50.8 Å². The van der Waals surface area contributed by atoms with E-state index < -0.39 is 0 Å². The lowest BCUT2D eigenvalue weighted by Crippen LogP contribution is -2.51. The van der Waals surface area contributed by atoms with Crippen molar-refractivity contribution in [1.29, 1.82) is 0 Å². The number of benzene rings is 1. The number of halogens is 1. The molecule has 6 heteroatoms. The van der Waals surface area contributed by atoms with Crippen LogP contribution < -0.4 is 11.1 Å². The molecule has 0 spiro atoms. The second-order valence-electron chi connectivity index (χ2n) is 8.16. The lowest BCUT2D eigenvalue weighted by molar-refractivity contribution is -0.125. The molecule has 1 amide bonds. The summed E-state index contributed by atoms with van der Waals surface area (Å²) in [6.45, 7) is 7.17. The van der Waals surface area contributed by atoms with Gasteiger partial charge in [0.05, 0.1) is 18.2 Å². The maximum absolute atomic E-state index is 12.6. The number of carbonyl (C=O) groups excluding carboxylic acids is 1. The van der Waals surface area contributed by atoms with Gasteiger partial charge in [0.15, 0.2) is 0 Å². The maximum atomic E-state index is 12.6. The van der Waals surface area contributed by atoms with Gasteiger partial charge in [-0.2, -0.15) is 0 Å². The summed E-state index contributed by atoms with van der Waals surface area (Å²) in [6.07, 6.45) is 2.63. The predicted molar refractivity (Wildman–Crippen MR) is 104 cm³/mol. The second-order valence-corrected chi connectivity index (χ2v) is 8.60. The fourth-order valence-electron chi connectivity index (χ4n) is 4.06. The van der Waals surface area contributed by atoms with Crippen molar-refractivity contribution in [3.63, 3.8) is 0 Å². The number of nitrogens with two attached hydrogens (primary N) is 1. The topological polar surface area (TPSA) is 67.6 Å². The lowest BCUT2D eigenvalue weighted by atomic mass is 10.00. The minimum absolute atomic E-state index is 0.0528. The summed E-state index contributed by atoms with van der Waals surface area (Å²) in [5, 5.41) is 3.89. The summed E-state index contributed by atoms with van der Waals surface area (Å²) in [5.74, 6) is 0.182. The Kier molecular flexibility index (Phi) is 6.23. The highest BCUT2D eigenvalue weighted by molar-refractivity contribution is 6.30. The molecule has 0 aromatic heterocycles. The first-order valence-corrected chi connectivity index (χ1v) is 9.88. The highest BCUT2D eigenvalue weighted by Gasteiger charge is 2.33. The number of nitrogens with zero attached hydrogens (tertiary/aromatic N) is 1. The quantitative estimate of drug-likeness (QED) is 0.825. The molecular weight excluding hydrogens is 350 g/mol. The number of morpholine rings is 1. The standard InChI is InChI=1S/C20H30ClN3O2/c1-20(2)13-24(9-10-26-20)18(14-3-6-16(21)7-4-14)12-23-19(25)15-5-8-17(22)11-15/h3-4,6-7,15,17-18H,5,8-13,22H2,1-2H3,(H,23,25). The molecule has 144 valence electrons. The van der Waals surface area contributed by atoms with Crippen LogP contribution in [-0.4, -0.2) is 48.7 Å². The van der Waals surface area contributed by atoms with Gasteiger partial charge in [0.2, 0.25) is 5.91 Å². The Balaban J connectivity index is 1.70. The van der Waals surface area contributed by atoms with Gasteiger partial charge < -0.3 is 15.8 Å². The molecule has 0 bridgehead atoms. The third-order valence-electron chi connectivity index (χ3n) is 5.46. The van der Waals surface area contributed by atoms with Crippen molar-refractivity contribution in [2.75, 3.05) is 26.2 Å². The largest absolute Gasteiger partial charge is 0.373 e. The third-order valence-corrected chi connectivity index (χ3v) is 5.72. The zero-order chi connectivity index (χ0) is 18.7. The fraction of sp³-hybridized carbons (Fsp3) is 0.650. The van der Waals surface area contributed by atoms with E-state index in [0.29, 0.717) is 13.2 Å². The van der Waals surface area contributed by atoms with Crippen LogP contribution in [0.15, 0.2) is 24.3 Å². The molecule has 3 atom stereocenters. The summed E-state index contributed by atoms with van der Waals surface area (Å²) in [5.41, 5.74) is 6.93. The SMILES string of the molecule is CC1(C)CN(C(CNC(=O)C2CCC(N)C2)c2ccc(Cl)cc2)CCO1. The Hall–Kier alpha value is -1.14. The van der Waals surface area contributed by atoms with E-state index in [2.05, 4.69) is 24.1 Å². The average molecular weight is 380 g/mol. The van der Waals surface area contributed by atoms with E-state index in [0.717, 1.165) is 42.9 Å². The van der Waals surface area contributed by atoms with E-state index in [9.17, 15) is 4.79 Å². The van der Waals surface area contributed by atoms with Crippen LogP contribution >= 0.6 is 11.6 Å². The van der Waals surface area contributed by atoms with Crippen LogP contribution in [-0.2, 0) is 9.53 Å². The molecule has 2 fully saturated rings. The van der Waals surface area contributed by atoms with E-state index in [1.54, 1.807) is 0 Å². The van der Waals surface area contributed by atoms with E-state index in [1.807, 2.05) is 24.3 Å². The molecule has 1 heterocycles. The minimum Gasteiger partial charge on any atom is -0.373 e. The highest BCUT2D eigenvalue weighted by atomic mass is 35.5. The normalized spacial score (nSPS) is 27.2. The molecule has 3 N–H and O–H groups in total. The monoisotopic (exact) mass is 379 g/mol. The van der Waals surface area contributed by atoms with Gasteiger partial charge >= 0.3 is 0 Å². The van der Waals surface area contributed by atoms with Gasteiger partial charge in [0, 0.05) is 36.6 Å². The van der Waals surface area contributed by atoms with Crippen molar-refractivity contribution < 1.29 is 9.53 Å². The number of carbonyl (C=O) groups is 1. The zero-order valence-corrected chi connectivity index (χ0v) is 16.5. The van der Waals surface area contributed by atoms with Crippen LogP contribution in [0.4, 0.5) is 0 Å². The first-order valence-electron chi connectivity index (χ1n) is 9.51. The Labute approximate surface area is 161 Å². The number of nitrogens with one attached hydrogen (secondary N) is 1. The molecular formula is C20H30ClN3O2. The molecule has 1 saturated heterocycles. The Morgan fingerprint density at radius 2 is 2.12 bits per heavy atom. The summed E-state index contributed by atoms with van der Waals surface area (Å²) in [4.78, 5) is 15.0. The number of rotatable bonds is 5. The summed E-state index contributed by atoms with van der Waals surface area (Å²) in [7, 11) is 0. The number of hydrogen-bond acceptors (Lipinski definition) is 4. The van der Waals surface area contributed by atoms with Crippen LogP contribution in [0.1, 0.15) is 44.7 Å². The fourth-order valence-corrected chi connectivity index (χ4v) is 4.18. The smallest absolute Gasteiger partial charge is 0.223 e. The molecule has 1 aliphatic carbocycles.